The molecular weight excluding hydrogens is 300 g/mol. The van der Waals surface area contributed by atoms with Gasteiger partial charge >= 0.3 is 17.9 Å². The molecule has 0 fully saturated rings. The summed E-state index contributed by atoms with van der Waals surface area (Å²) in [6.07, 6.45) is -1.70. The Morgan fingerprint density at radius 2 is 1.30 bits per heavy atom. The third-order valence-corrected chi connectivity index (χ3v) is 2.80. The van der Waals surface area contributed by atoms with Crippen molar-refractivity contribution in [1.82, 2.24) is 0 Å². The van der Waals surface area contributed by atoms with E-state index < -0.39 is 24.0 Å². The molecule has 2 aromatic rings. The first-order chi connectivity index (χ1) is 11.1. The van der Waals surface area contributed by atoms with E-state index in [0.717, 1.165) is 0 Å². The van der Waals surface area contributed by atoms with Crippen LogP contribution in [0.15, 0.2) is 60.7 Å². The first kappa shape index (κ1) is 16.2. The van der Waals surface area contributed by atoms with E-state index in [9.17, 15) is 14.4 Å². The maximum Gasteiger partial charge on any atom is 0.349 e. The van der Waals surface area contributed by atoms with Gasteiger partial charge in [-0.2, -0.15) is 0 Å². The lowest BCUT2D eigenvalue weighted by Crippen LogP contribution is -2.29. The largest absolute Gasteiger partial charge is 0.478 e. The van der Waals surface area contributed by atoms with E-state index in [2.05, 4.69) is 0 Å². The van der Waals surface area contributed by atoms with Crippen molar-refractivity contribution in [3.8, 4) is 0 Å². The molecule has 6 nitrogen and oxygen atoms in total. The maximum absolute atomic E-state index is 11.8. The molecular formula is C17H13O6. The summed E-state index contributed by atoms with van der Waals surface area (Å²) in [5, 5.41) is 9.05. The maximum atomic E-state index is 11.8. The topological polar surface area (TPSA) is 89.9 Å². The van der Waals surface area contributed by atoms with Gasteiger partial charge in [0.05, 0.1) is 11.1 Å². The average molecular weight is 313 g/mol. The van der Waals surface area contributed by atoms with Crippen LogP contribution in [0.5, 0.6) is 0 Å². The Labute approximate surface area is 132 Å². The average Bonchev–Trinajstić information content (AvgIpc) is 2.59. The molecule has 1 radical (unpaired) electrons. The van der Waals surface area contributed by atoms with Crippen LogP contribution in [0.2, 0.25) is 0 Å². The summed E-state index contributed by atoms with van der Waals surface area (Å²) >= 11 is 0. The minimum absolute atomic E-state index is 0.196. The summed E-state index contributed by atoms with van der Waals surface area (Å²) in [4.78, 5) is 34.7. The molecule has 0 aliphatic heterocycles. The van der Waals surface area contributed by atoms with Gasteiger partial charge in [0.15, 0.2) is 6.61 Å². The molecule has 0 saturated heterocycles. The van der Waals surface area contributed by atoms with E-state index in [4.69, 9.17) is 14.6 Å². The van der Waals surface area contributed by atoms with E-state index >= 15 is 0 Å². The molecule has 2 aromatic carbocycles. The molecule has 1 atom stereocenters. The number of ether oxygens (including phenoxy) is 2. The Bertz CT molecular complexity index is 681. The number of benzene rings is 2. The van der Waals surface area contributed by atoms with Gasteiger partial charge in [-0.15, -0.1) is 0 Å². The van der Waals surface area contributed by atoms with Gasteiger partial charge in [-0.05, 0) is 24.3 Å². The molecule has 0 heterocycles. The zero-order valence-corrected chi connectivity index (χ0v) is 11.9. The predicted octanol–water partition coefficient (Wildman–Crippen LogP) is 2.32. The number of carboxylic acids is 1. The molecule has 1 N–H and O–H groups in total. The first-order valence-electron chi connectivity index (χ1n) is 6.66. The Hall–Kier alpha value is -3.15. The molecule has 2 rings (SSSR count). The van der Waals surface area contributed by atoms with E-state index in [0.29, 0.717) is 6.61 Å². The lowest BCUT2D eigenvalue weighted by molar-refractivity contribution is -0.146. The normalized spacial score (nSPS) is 11.3. The summed E-state index contributed by atoms with van der Waals surface area (Å²) in [6.45, 7) is 0.679. The number of carboxylic acid groups (broad SMARTS) is 1. The van der Waals surface area contributed by atoms with E-state index in [1.165, 1.54) is 24.3 Å². The van der Waals surface area contributed by atoms with Gasteiger partial charge < -0.3 is 14.6 Å². The standard InChI is InChI=1S/C17H13O6/c18-15(19)14(23-17(21)13-9-5-2-6-10-13)11-22-16(20)12-7-3-1-4-8-12/h1-11,14H,(H,18,19)/t14-/m0/s1. The first-order valence-corrected chi connectivity index (χ1v) is 6.66. The smallest absolute Gasteiger partial charge is 0.349 e. The van der Waals surface area contributed by atoms with Crippen molar-refractivity contribution >= 4 is 17.9 Å². The molecule has 23 heavy (non-hydrogen) atoms. The fraction of sp³-hybridized carbons (Fsp3) is 0.0588. The van der Waals surface area contributed by atoms with Crippen LogP contribution in [0, 0.1) is 6.61 Å². The minimum Gasteiger partial charge on any atom is -0.478 e. The van der Waals surface area contributed by atoms with Crippen molar-refractivity contribution in [2.24, 2.45) is 0 Å². The van der Waals surface area contributed by atoms with Crippen LogP contribution in [0.3, 0.4) is 0 Å². The molecule has 0 aromatic heterocycles. The van der Waals surface area contributed by atoms with Gasteiger partial charge in [-0.1, -0.05) is 36.4 Å². The number of hydrogen-bond acceptors (Lipinski definition) is 5. The van der Waals surface area contributed by atoms with Gasteiger partial charge in [0.2, 0.25) is 6.10 Å². The number of rotatable bonds is 6. The highest BCUT2D eigenvalue weighted by atomic mass is 16.6. The van der Waals surface area contributed by atoms with E-state index in [1.54, 1.807) is 36.4 Å². The Morgan fingerprint density at radius 3 is 1.78 bits per heavy atom. The van der Waals surface area contributed by atoms with Crippen LogP contribution < -0.4 is 0 Å². The van der Waals surface area contributed by atoms with Gasteiger partial charge in [-0.3, -0.25) is 0 Å². The SMILES string of the molecule is O=C(O[CH][C@H](OC(=O)c1ccccc1)C(=O)O)c1ccccc1. The van der Waals surface area contributed by atoms with Crippen molar-refractivity contribution in [3.63, 3.8) is 0 Å². The van der Waals surface area contributed by atoms with Gasteiger partial charge in [0.1, 0.15) is 0 Å². The number of aliphatic carboxylic acids is 1. The summed E-state index contributed by atoms with van der Waals surface area (Å²) in [7, 11) is 0. The van der Waals surface area contributed by atoms with Crippen LogP contribution in [-0.2, 0) is 14.3 Å². The van der Waals surface area contributed by atoms with Gasteiger partial charge in [-0.25, -0.2) is 14.4 Å². The number of carbonyl (C=O) groups excluding carboxylic acids is 2. The van der Waals surface area contributed by atoms with Crippen molar-refractivity contribution in [3.05, 3.63) is 78.4 Å². The van der Waals surface area contributed by atoms with Crippen molar-refractivity contribution in [1.29, 1.82) is 0 Å². The van der Waals surface area contributed by atoms with Gasteiger partial charge in [0.25, 0.3) is 0 Å². The fourth-order valence-electron chi connectivity index (χ4n) is 1.66. The summed E-state index contributed by atoms with van der Waals surface area (Å²) < 4.78 is 9.58. The van der Waals surface area contributed by atoms with E-state index in [1.807, 2.05) is 0 Å². The molecule has 0 spiro atoms. The van der Waals surface area contributed by atoms with Crippen LogP contribution in [-0.4, -0.2) is 29.1 Å². The quantitative estimate of drug-likeness (QED) is 0.823. The molecule has 0 aliphatic carbocycles. The molecule has 6 heteroatoms. The highest BCUT2D eigenvalue weighted by molar-refractivity contribution is 5.92. The van der Waals surface area contributed by atoms with Crippen LogP contribution in [0.4, 0.5) is 0 Å². The number of esters is 2. The Balaban J connectivity index is 1.96. The lowest BCUT2D eigenvalue weighted by atomic mass is 10.2. The minimum atomic E-state index is -1.70. The molecule has 117 valence electrons. The Kier molecular flexibility index (Phi) is 5.46. The third-order valence-electron chi connectivity index (χ3n) is 2.80. The van der Waals surface area contributed by atoms with Crippen LogP contribution >= 0.6 is 0 Å². The molecule has 0 amide bonds. The second-order valence-corrected chi connectivity index (χ2v) is 4.44. The third kappa shape index (κ3) is 4.67. The second-order valence-electron chi connectivity index (χ2n) is 4.44. The van der Waals surface area contributed by atoms with E-state index in [-0.39, 0.29) is 11.1 Å². The predicted molar refractivity (Wildman–Crippen MR) is 79.4 cm³/mol. The monoisotopic (exact) mass is 313 g/mol. The van der Waals surface area contributed by atoms with Crippen LogP contribution in [0.25, 0.3) is 0 Å². The summed E-state index contributed by atoms with van der Waals surface area (Å²) in [5.41, 5.74) is 0.448. The highest BCUT2D eigenvalue weighted by Gasteiger charge is 2.26. The second kappa shape index (κ2) is 7.74. The van der Waals surface area contributed by atoms with Crippen LogP contribution in [0.1, 0.15) is 20.7 Å². The lowest BCUT2D eigenvalue weighted by Gasteiger charge is -2.13. The zero-order valence-electron chi connectivity index (χ0n) is 11.9. The van der Waals surface area contributed by atoms with Crippen molar-refractivity contribution in [2.75, 3.05) is 0 Å². The van der Waals surface area contributed by atoms with Crippen molar-refractivity contribution < 1.29 is 29.0 Å². The highest BCUT2D eigenvalue weighted by Crippen LogP contribution is 2.09. The molecule has 0 saturated carbocycles. The Morgan fingerprint density at radius 1 is 0.826 bits per heavy atom. The number of hydrogen-bond donors (Lipinski definition) is 1. The number of carbonyl (C=O) groups is 3. The molecule has 0 bridgehead atoms. The molecule has 0 aliphatic rings. The summed E-state index contributed by atoms with van der Waals surface area (Å²) in [5.74, 6) is -3.02. The van der Waals surface area contributed by atoms with Gasteiger partial charge in [0, 0.05) is 0 Å². The fourth-order valence-corrected chi connectivity index (χ4v) is 1.66. The summed E-state index contributed by atoms with van der Waals surface area (Å²) in [6, 6.07) is 15.9. The molecule has 0 unspecified atom stereocenters. The zero-order chi connectivity index (χ0) is 16.7. The van der Waals surface area contributed by atoms with Crippen molar-refractivity contribution in [2.45, 2.75) is 6.10 Å².